The number of hydrogen-bond acceptors (Lipinski definition) is 4. The summed E-state index contributed by atoms with van der Waals surface area (Å²) in [5.41, 5.74) is 0.941. The molecule has 0 saturated carbocycles. The highest BCUT2D eigenvalue weighted by atomic mass is 19.4. The van der Waals surface area contributed by atoms with Crippen LogP contribution < -0.4 is 0 Å². The molecule has 7 heteroatoms. The molecule has 0 radical (unpaired) electrons. The maximum Gasteiger partial charge on any atom is 0.414 e. The number of carbonyl (C=O) groups excluding carboxylic acids is 1. The summed E-state index contributed by atoms with van der Waals surface area (Å²) < 4.78 is 48.0. The summed E-state index contributed by atoms with van der Waals surface area (Å²) in [5.74, 6) is -0.271. The van der Waals surface area contributed by atoms with Crippen LogP contribution in [0.25, 0.3) is 0 Å². The normalized spacial score (nSPS) is 15.3. The van der Waals surface area contributed by atoms with Gasteiger partial charge in [0.25, 0.3) is 0 Å². The minimum absolute atomic E-state index is 0.178. The van der Waals surface area contributed by atoms with Crippen LogP contribution in [-0.4, -0.2) is 42.5 Å². The third kappa shape index (κ3) is 8.57. The Balaban J connectivity index is 5.33. The van der Waals surface area contributed by atoms with E-state index in [0.717, 1.165) is 18.9 Å². The van der Waals surface area contributed by atoms with Crippen LogP contribution in [-0.2, 0) is 14.3 Å². The number of halogens is 3. The molecular weight excluding hydrogens is 323 g/mol. The van der Waals surface area contributed by atoms with E-state index in [1.165, 1.54) is 4.90 Å². The van der Waals surface area contributed by atoms with E-state index in [4.69, 9.17) is 9.47 Å². The smallest absolute Gasteiger partial charge is 0.414 e. The molecule has 0 aliphatic carbocycles. The summed E-state index contributed by atoms with van der Waals surface area (Å²) in [6.45, 7) is 10.2. The van der Waals surface area contributed by atoms with E-state index in [0.29, 0.717) is 6.42 Å². The van der Waals surface area contributed by atoms with E-state index in [1.807, 2.05) is 27.7 Å². The van der Waals surface area contributed by atoms with Crippen molar-refractivity contribution in [3.8, 4) is 0 Å². The number of rotatable bonds is 10. The van der Waals surface area contributed by atoms with Crippen molar-refractivity contribution in [1.82, 2.24) is 4.90 Å². The Morgan fingerprint density at radius 1 is 1.21 bits per heavy atom. The molecule has 0 aromatic heterocycles. The molecule has 2 unspecified atom stereocenters. The zero-order chi connectivity index (χ0) is 18.9. The number of allylic oxidation sites excluding steroid dienone is 1. The fourth-order valence-corrected chi connectivity index (χ4v) is 1.94. The van der Waals surface area contributed by atoms with E-state index in [2.05, 4.69) is 0 Å². The second kappa shape index (κ2) is 10.6. The summed E-state index contributed by atoms with van der Waals surface area (Å²) in [7, 11) is 0. The standard InChI is InChI=1S/C17H30F3NO3/c1-7-13(5)10-21(11-24-14(6)17(18,19)20)15(9-12(3)4)16(22)23-8-2/h10,12,14-15H,7-9,11H2,1-6H3/b13-10+. The van der Waals surface area contributed by atoms with Crippen LogP contribution in [0.5, 0.6) is 0 Å². The van der Waals surface area contributed by atoms with E-state index in [-0.39, 0.29) is 19.3 Å². The van der Waals surface area contributed by atoms with Gasteiger partial charge < -0.3 is 14.4 Å². The highest BCUT2D eigenvalue weighted by Gasteiger charge is 2.38. The molecule has 0 spiro atoms. The van der Waals surface area contributed by atoms with Crippen molar-refractivity contribution in [2.24, 2.45) is 5.92 Å². The minimum Gasteiger partial charge on any atom is -0.464 e. The van der Waals surface area contributed by atoms with Gasteiger partial charge in [-0.2, -0.15) is 13.2 Å². The molecule has 4 nitrogen and oxygen atoms in total. The number of ether oxygens (including phenoxy) is 2. The predicted molar refractivity (Wildman–Crippen MR) is 87.2 cm³/mol. The third-order valence-electron chi connectivity index (χ3n) is 3.53. The molecule has 0 bridgehead atoms. The molecule has 0 heterocycles. The highest BCUT2D eigenvalue weighted by Crippen LogP contribution is 2.23. The van der Waals surface area contributed by atoms with Crippen LogP contribution in [0.15, 0.2) is 11.8 Å². The first-order valence-corrected chi connectivity index (χ1v) is 8.30. The Morgan fingerprint density at radius 3 is 2.21 bits per heavy atom. The first-order valence-electron chi connectivity index (χ1n) is 8.30. The Bertz CT molecular complexity index is 408. The molecule has 0 aromatic rings. The van der Waals surface area contributed by atoms with Crippen LogP contribution in [0, 0.1) is 5.92 Å². The summed E-state index contributed by atoms with van der Waals surface area (Å²) >= 11 is 0. The first kappa shape index (κ1) is 22.8. The zero-order valence-electron chi connectivity index (χ0n) is 15.4. The minimum atomic E-state index is -4.44. The lowest BCUT2D eigenvalue weighted by molar-refractivity contribution is -0.223. The quantitative estimate of drug-likeness (QED) is 0.428. The SMILES string of the molecule is CCOC(=O)C(CC(C)C)N(/C=C(\C)CC)COC(C)C(F)(F)F. The van der Waals surface area contributed by atoms with E-state index in [9.17, 15) is 18.0 Å². The number of hydrogen-bond donors (Lipinski definition) is 0. The molecule has 0 N–H and O–H groups in total. The number of carbonyl (C=O) groups is 1. The van der Waals surface area contributed by atoms with Crippen molar-refractivity contribution in [2.75, 3.05) is 13.3 Å². The van der Waals surface area contributed by atoms with Crippen molar-refractivity contribution in [2.45, 2.75) is 72.7 Å². The molecule has 2 atom stereocenters. The number of esters is 1. The van der Waals surface area contributed by atoms with Gasteiger partial charge >= 0.3 is 12.1 Å². The summed E-state index contributed by atoms with van der Waals surface area (Å²) in [5, 5.41) is 0. The molecule has 24 heavy (non-hydrogen) atoms. The van der Waals surface area contributed by atoms with Gasteiger partial charge in [-0.25, -0.2) is 4.79 Å². The molecule has 0 saturated heterocycles. The van der Waals surface area contributed by atoms with Gasteiger partial charge in [0.1, 0.15) is 12.8 Å². The number of nitrogens with zero attached hydrogens (tertiary/aromatic N) is 1. The summed E-state index contributed by atoms with van der Waals surface area (Å²) in [6, 6.07) is -0.674. The topological polar surface area (TPSA) is 38.8 Å². The zero-order valence-corrected chi connectivity index (χ0v) is 15.4. The van der Waals surface area contributed by atoms with E-state index < -0.39 is 24.3 Å². The fraction of sp³-hybridized carbons (Fsp3) is 0.824. The molecule has 0 amide bonds. The van der Waals surface area contributed by atoms with Gasteiger partial charge in [-0.3, -0.25) is 0 Å². The van der Waals surface area contributed by atoms with Gasteiger partial charge in [-0.15, -0.1) is 0 Å². The maximum atomic E-state index is 12.7. The Morgan fingerprint density at radius 2 is 1.79 bits per heavy atom. The van der Waals surface area contributed by atoms with E-state index in [1.54, 1.807) is 13.1 Å². The molecule has 0 rings (SSSR count). The molecular formula is C17H30F3NO3. The van der Waals surface area contributed by atoms with Crippen LogP contribution in [0.4, 0.5) is 13.2 Å². The van der Waals surface area contributed by atoms with Gasteiger partial charge in [0.05, 0.1) is 6.61 Å². The Hall–Kier alpha value is -1.24. The van der Waals surface area contributed by atoms with Gasteiger partial charge in [0.2, 0.25) is 0 Å². The first-order chi connectivity index (χ1) is 11.0. The van der Waals surface area contributed by atoms with Gasteiger partial charge in [-0.05, 0) is 39.5 Å². The number of alkyl halides is 3. The third-order valence-corrected chi connectivity index (χ3v) is 3.53. The second-order valence-corrected chi connectivity index (χ2v) is 6.22. The molecule has 0 aliphatic rings. The molecule has 142 valence electrons. The predicted octanol–water partition coefficient (Wildman–Crippen LogP) is 4.50. The van der Waals surface area contributed by atoms with Crippen LogP contribution >= 0.6 is 0 Å². The Labute approximate surface area is 143 Å². The van der Waals surface area contributed by atoms with E-state index >= 15 is 0 Å². The molecule has 0 aliphatic heterocycles. The van der Waals surface area contributed by atoms with Crippen LogP contribution in [0.1, 0.15) is 54.4 Å². The maximum absolute atomic E-state index is 12.7. The monoisotopic (exact) mass is 353 g/mol. The van der Waals surface area contributed by atoms with Crippen molar-refractivity contribution >= 4 is 5.97 Å². The lowest BCUT2D eigenvalue weighted by atomic mass is 10.0. The summed E-state index contributed by atoms with van der Waals surface area (Å²) in [4.78, 5) is 13.8. The fourth-order valence-electron chi connectivity index (χ4n) is 1.94. The molecule has 0 fully saturated rings. The van der Waals surface area contributed by atoms with Crippen molar-refractivity contribution < 1.29 is 27.4 Å². The van der Waals surface area contributed by atoms with Crippen molar-refractivity contribution in [3.05, 3.63) is 11.8 Å². The Kier molecular flexibility index (Phi) is 10.0. The largest absolute Gasteiger partial charge is 0.464 e. The van der Waals surface area contributed by atoms with Crippen molar-refractivity contribution in [3.63, 3.8) is 0 Å². The lowest BCUT2D eigenvalue weighted by Gasteiger charge is -2.32. The van der Waals surface area contributed by atoms with Gasteiger partial charge in [0, 0.05) is 6.20 Å². The van der Waals surface area contributed by atoms with Gasteiger partial charge in [-0.1, -0.05) is 26.3 Å². The van der Waals surface area contributed by atoms with Crippen LogP contribution in [0.2, 0.25) is 0 Å². The molecule has 0 aromatic carbocycles. The van der Waals surface area contributed by atoms with Gasteiger partial charge in [0.15, 0.2) is 6.10 Å². The average Bonchev–Trinajstić information content (AvgIpc) is 2.47. The van der Waals surface area contributed by atoms with Crippen molar-refractivity contribution in [1.29, 1.82) is 0 Å². The highest BCUT2D eigenvalue weighted by molar-refractivity contribution is 5.76. The van der Waals surface area contributed by atoms with Crippen LogP contribution in [0.3, 0.4) is 0 Å². The second-order valence-electron chi connectivity index (χ2n) is 6.22. The summed E-state index contributed by atoms with van der Waals surface area (Å²) in [6.07, 6.45) is -3.46. The average molecular weight is 353 g/mol. The lowest BCUT2D eigenvalue weighted by Crippen LogP contribution is -2.43.